The van der Waals surface area contributed by atoms with Crippen LogP contribution >= 0.6 is 11.8 Å². The highest BCUT2D eigenvalue weighted by Gasteiger charge is 2.28. The first-order valence-electron chi connectivity index (χ1n) is 6.25. The molecule has 0 aromatic carbocycles. The van der Waals surface area contributed by atoms with E-state index in [-0.39, 0.29) is 5.75 Å². The standard InChI is InChI=1S/C13H20N2O2S/c1-10-2-3-12(16)11(15-10)8-14-9-13(17)4-6-18-7-5-13/h2-3,14,16-17H,4-9H2,1H3. The molecule has 2 heterocycles. The second-order valence-corrected chi connectivity index (χ2v) is 6.08. The van der Waals surface area contributed by atoms with E-state index >= 15 is 0 Å². The van der Waals surface area contributed by atoms with Gasteiger partial charge >= 0.3 is 0 Å². The lowest BCUT2D eigenvalue weighted by Crippen LogP contribution is -2.43. The summed E-state index contributed by atoms with van der Waals surface area (Å²) in [5.74, 6) is 2.25. The fourth-order valence-corrected chi connectivity index (χ4v) is 3.33. The first-order chi connectivity index (χ1) is 8.59. The van der Waals surface area contributed by atoms with Crippen LogP contribution in [0, 0.1) is 6.92 Å². The van der Waals surface area contributed by atoms with Crippen LogP contribution in [-0.4, -0.2) is 38.8 Å². The number of hydrogen-bond donors (Lipinski definition) is 3. The quantitative estimate of drug-likeness (QED) is 0.771. The molecule has 0 bridgehead atoms. The maximum Gasteiger partial charge on any atom is 0.138 e. The number of nitrogens with one attached hydrogen (secondary N) is 1. The third-order valence-corrected chi connectivity index (χ3v) is 4.24. The van der Waals surface area contributed by atoms with E-state index in [0.717, 1.165) is 30.0 Å². The molecule has 0 aliphatic carbocycles. The topological polar surface area (TPSA) is 65.4 Å². The molecule has 4 nitrogen and oxygen atoms in total. The van der Waals surface area contributed by atoms with Gasteiger partial charge < -0.3 is 15.5 Å². The highest BCUT2D eigenvalue weighted by molar-refractivity contribution is 7.99. The molecule has 3 N–H and O–H groups in total. The molecule has 1 fully saturated rings. The molecular formula is C13H20N2O2S. The van der Waals surface area contributed by atoms with Gasteiger partial charge in [0.1, 0.15) is 5.75 Å². The Kier molecular flexibility index (Phi) is 4.48. The van der Waals surface area contributed by atoms with Crippen molar-refractivity contribution in [1.82, 2.24) is 10.3 Å². The largest absolute Gasteiger partial charge is 0.506 e. The third-order valence-electron chi connectivity index (χ3n) is 3.26. The molecule has 2 rings (SSSR count). The maximum atomic E-state index is 10.3. The summed E-state index contributed by atoms with van der Waals surface area (Å²) in [7, 11) is 0. The second-order valence-electron chi connectivity index (χ2n) is 4.86. The Morgan fingerprint density at radius 1 is 1.39 bits per heavy atom. The minimum Gasteiger partial charge on any atom is -0.506 e. The molecule has 0 saturated carbocycles. The van der Waals surface area contributed by atoms with Gasteiger partial charge in [-0.05, 0) is 43.4 Å². The molecule has 0 amide bonds. The predicted octanol–water partition coefficient (Wildman–Crippen LogP) is 1.44. The van der Waals surface area contributed by atoms with E-state index in [9.17, 15) is 10.2 Å². The summed E-state index contributed by atoms with van der Waals surface area (Å²) in [5.41, 5.74) is 0.936. The van der Waals surface area contributed by atoms with Gasteiger partial charge in [-0.15, -0.1) is 0 Å². The molecular weight excluding hydrogens is 248 g/mol. The molecule has 0 atom stereocenters. The Morgan fingerprint density at radius 3 is 2.83 bits per heavy atom. The van der Waals surface area contributed by atoms with Crippen LogP contribution in [0.25, 0.3) is 0 Å². The van der Waals surface area contributed by atoms with E-state index in [1.165, 1.54) is 0 Å². The van der Waals surface area contributed by atoms with Gasteiger partial charge in [0.15, 0.2) is 0 Å². The summed E-state index contributed by atoms with van der Waals surface area (Å²) < 4.78 is 0. The lowest BCUT2D eigenvalue weighted by molar-refractivity contribution is 0.0319. The summed E-state index contributed by atoms with van der Waals surface area (Å²) in [4.78, 5) is 4.28. The number of nitrogens with zero attached hydrogens (tertiary/aromatic N) is 1. The van der Waals surface area contributed by atoms with Gasteiger partial charge in [0.25, 0.3) is 0 Å². The van der Waals surface area contributed by atoms with Gasteiger partial charge in [-0.1, -0.05) is 0 Å². The van der Waals surface area contributed by atoms with Gasteiger partial charge in [-0.25, -0.2) is 0 Å². The minimum atomic E-state index is -0.593. The van der Waals surface area contributed by atoms with Gasteiger partial charge in [0.2, 0.25) is 0 Å². The maximum absolute atomic E-state index is 10.3. The number of aromatic hydroxyl groups is 1. The van der Waals surface area contributed by atoms with E-state index in [2.05, 4.69) is 10.3 Å². The first-order valence-corrected chi connectivity index (χ1v) is 7.41. The van der Waals surface area contributed by atoms with Crippen LogP contribution in [0.5, 0.6) is 5.75 Å². The van der Waals surface area contributed by atoms with Crippen molar-refractivity contribution >= 4 is 11.8 Å². The van der Waals surface area contributed by atoms with Crippen LogP contribution in [0.15, 0.2) is 12.1 Å². The zero-order valence-corrected chi connectivity index (χ0v) is 11.5. The molecule has 1 aromatic rings. The average molecular weight is 268 g/mol. The highest BCUT2D eigenvalue weighted by atomic mass is 32.2. The molecule has 100 valence electrons. The van der Waals surface area contributed by atoms with E-state index in [1.807, 2.05) is 18.7 Å². The lowest BCUT2D eigenvalue weighted by atomic mass is 9.97. The Hall–Kier alpha value is -0.780. The van der Waals surface area contributed by atoms with Crippen molar-refractivity contribution in [3.63, 3.8) is 0 Å². The van der Waals surface area contributed by atoms with Crippen molar-refractivity contribution in [3.05, 3.63) is 23.5 Å². The van der Waals surface area contributed by atoms with Crippen LogP contribution in [-0.2, 0) is 6.54 Å². The van der Waals surface area contributed by atoms with Crippen LogP contribution in [0.1, 0.15) is 24.2 Å². The van der Waals surface area contributed by atoms with Crippen LogP contribution in [0.4, 0.5) is 0 Å². The smallest absolute Gasteiger partial charge is 0.138 e. The lowest BCUT2D eigenvalue weighted by Gasteiger charge is -2.31. The SMILES string of the molecule is Cc1ccc(O)c(CNCC2(O)CCSCC2)n1. The number of pyridine rings is 1. The van der Waals surface area contributed by atoms with Crippen molar-refractivity contribution in [2.75, 3.05) is 18.1 Å². The Balaban J connectivity index is 1.86. The van der Waals surface area contributed by atoms with E-state index in [1.54, 1.807) is 12.1 Å². The van der Waals surface area contributed by atoms with Crippen LogP contribution < -0.4 is 5.32 Å². The summed E-state index contributed by atoms with van der Waals surface area (Å²) >= 11 is 1.89. The van der Waals surface area contributed by atoms with Gasteiger partial charge in [-0.3, -0.25) is 4.98 Å². The number of thioether (sulfide) groups is 1. The fourth-order valence-electron chi connectivity index (χ4n) is 2.07. The Morgan fingerprint density at radius 2 is 2.11 bits per heavy atom. The molecule has 0 spiro atoms. The normalized spacial score (nSPS) is 18.8. The average Bonchev–Trinajstić information content (AvgIpc) is 2.34. The molecule has 1 saturated heterocycles. The Labute approximate surface area is 112 Å². The summed E-state index contributed by atoms with van der Waals surface area (Å²) in [6.45, 7) is 2.94. The van der Waals surface area contributed by atoms with E-state index in [4.69, 9.17) is 0 Å². The van der Waals surface area contributed by atoms with Crippen molar-refractivity contribution < 1.29 is 10.2 Å². The zero-order valence-electron chi connectivity index (χ0n) is 10.6. The molecule has 1 aromatic heterocycles. The van der Waals surface area contributed by atoms with Crippen LogP contribution in [0.2, 0.25) is 0 Å². The molecule has 18 heavy (non-hydrogen) atoms. The van der Waals surface area contributed by atoms with Crippen molar-refractivity contribution in [2.45, 2.75) is 31.9 Å². The van der Waals surface area contributed by atoms with Crippen molar-refractivity contribution in [3.8, 4) is 5.75 Å². The van der Waals surface area contributed by atoms with Crippen LogP contribution in [0.3, 0.4) is 0 Å². The second kappa shape index (κ2) is 5.91. The number of aryl methyl sites for hydroxylation is 1. The first kappa shape index (κ1) is 13.6. The molecule has 1 aliphatic heterocycles. The fraction of sp³-hybridized carbons (Fsp3) is 0.615. The van der Waals surface area contributed by atoms with Gasteiger partial charge in [0.05, 0.1) is 11.3 Å². The number of aromatic nitrogens is 1. The third kappa shape index (κ3) is 3.60. The molecule has 1 aliphatic rings. The van der Waals surface area contributed by atoms with Crippen molar-refractivity contribution in [2.24, 2.45) is 0 Å². The van der Waals surface area contributed by atoms with E-state index < -0.39 is 5.60 Å². The van der Waals surface area contributed by atoms with Gasteiger partial charge in [-0.2, -0.15) is 11.8 Å². The van der Waals surface area contributed by atoms with E-state index in [0.29, 0.717) is 18.8 Å². The number of aliphatic hydroxyl groups is 1. The molecule has 0 radical (unpaired) electrons. The molecule has 5 heteroatoms. The minimum absolute atomic E-state index is 0.208. The summed E-state index contributed by atoms with van der Waals surface area (Å²) in [6, 6.07) is 3.44. The summed E-state index contributed by atoms with van der Waals surface area (Å²) in [6.07, 6.45) is 1.66. The number of rotatable bonds is 4. The zero-order chi connectivity index (χ0) is 13.0. The highest BCUT2D eigenvalue weighted by Crippen LogP contribution is 2.26. The Bertz CT molecular complexity index is 406. The van der Waals surface area contributed by atoms with Crippen molar-refractivity contribution in [1.29, 1.82) is 0 Å². The number of hydrogen-bond acceptors (Lipinski definition) is 5. The molecule has 0 unspecified atom stereocenters. The predicted molar refractivity (Wildman–Crippen MR) is 73.9 cm³/mol. The summed E-state index contributed by atoms with van der Waals surface area (Å²) in [5, 5.41) is 23.2. The monoisotopic (exact) mass is 268 g/mol. The van der Waals surface area contributed by atoms with Gasteiger partial charge in [0, 0.05) is 18.8 Å².